The molecule has 4 nitrogen and oxygen atoms in total. The van der Waals surface area contributed by atoms with Gasteiger partial charge in [-0.1, -0.05) is 30.3 Å². The number of hydrogen-bond acceptors (Lipinski definition) is 2. The number of morpholine rings is 1. The number of aromatic nitrogens is 1. The van der Waals surface area contributed by atoms with Crippen LogP contribution in [0.2, 0.25) is 0 Å². The van der Waals surface area contributed by atoms with Crippen molar-refractivity contribution in [1.82, 2.24) is 9.88 Å². The van der Waals surface area contributed by atoms with Crippen LogP contribution in [0.3, 0.4) is 0 Å². The number of hydrogen-bond donors (Lipinski definition) is 1. The predicted octanol–water partition coefficient (Wildman–Crippen LogP) is 4.23. The van der Waals surface area contributed by atoms with Crippen LogP contribution in [0.4, 0.5) is 4.39 Å². The highest BCUT2D eigenvalue weighted by Gasteiger charge is 2.25. The summed E-state index contributed by atoms with van der Waals surface area (Å²) in [6, 6.07) is 14.5. The van der Waals surface area contributed by atoms with Crippen molar-refractivity contribution < 1.29 is 13.9 Å². The number of rotatable bonds is 5. The quantitative estimate of drug-likeness (QED) is 0.734. The molecule has 27 heavy (non-hydrogen) atoms. The molecule has 3 aromatic rings. The van der Waals surface area contributed by atoms with E-state index in [2.05, 4.69) is 17.1 Å². The Labute approximate surface area is 157 Å². The van der Waals surface area contributed by atoms with Crippen molar-refractivity contribution in [3.63, 3.8) is 0 Å². The lowest BCUT2D eigenvalue weighted by molar-refractivity contribution is -0.139. The minimum atomic E-state index is -0.264. The Bertz CT molecular complexity index is 919. The van der Waals surface area contributed by atoms with E-state index in [1.54, 1.807) is 12.1 Å². The number of aryl methyl sites for hydroxylation is 1. The van der Waals surface area contributed by atoms with E-state index in [9.17, 15) is 9.18 Å². The first-order valence-electron chi connectivity index (χ1n) is 9.40. The molecular formula is C22H23FN2O2. The summed E-state index contributed by atoms with van der Waals surface area (Å²) in [5.74, 6) is -0.106. The zero-order valence-electron chi connectivity index (χ0n) is 15.2. The van der Waals surface area contributed by atoms with Gasteiger partial charge in [-0.25, -0.2) is 4.39 Å². The maximum atomic E-state index is 13.1. The van der Waals surface area contributed by atoms with E-state index in [4.69, 9.17) is 4.74 Å². The molecule has 0 aliphatic carbocycles. The monoisotopic (exact) mass is 366 g/mol. The van der Waals surface area contributed by atoms with Gasteiger partial charge in [0.15, 0.2) is 0 Å². The maximum absolute atomic E-state index is 13.1. The molecular weight excluding hydrogens is 343 g/mol. The van der Waals surface area contributed by atoms with Crippen LogP contribution >= 0.6 is 0 Å². The lowest BCUT2D eigenvalue weighted by Gasteiger charge is -2.33. The van der Waals surface area contributed by atoms with E-state index in [1.165, 1.54) is 23.1 Å². The third kappa shape index (κ3) is 4.03. The number of carbonyl (C=O) groups excluding carboxylic acids is 1. The van der Waals surface area contributed by atoms with Gasteiger partial charge in [-0.3, -0.25) is 4.79 Å². The molecule has 2 heterocycles. The number of nitrogens with zero attached hydrogens (tertiary/aromatic N) is 1. The summed E-state index contributed by atoms with van der Waals surface area (Å²) >= 11 is 0. The predicted molar refractivity (Wildman–Crippen MR) is 103 cm³/mol. The second-order valence-corrected chi connectivity index (χ2v) is 6.96. The molecule has 1 aliphatic heterocycles. The summed E-state index contributed by atoms with van der Waals surface area (Å²) in [7, 11) is 0. The molecule has 1 saturated heterocycles. The van der Waals surface area contributed by atoms with Crippen molar-refractivity contribution in [2.45, 2.75) is 25.4 Å². The summed E-state index contributed by atoms with van der Waals surface area (Å²) in [5.41, 5.74) is 3.30. The fourth-order valence-corrected chi connectivity index (χ4v) is 3.68. The number of fused-ring (bicyclic) bond motifs is 1. The molecule has 1 amide bonds. The van der Waals surface area contributed by atoms with E-state index >= 15 is 0 Å². The zero-order valence-corrected chi connectivity index (χ0v) is 15.2. The summed E-state index contributed by atoms with van der Waals surface area (Å²) in [5, 5.41) is 1.23. The largest absolute Gasteiger partial charge is 0.370 e. The van der Waals surface area contributed by atoms with Crippen LogP contribution in [0.25, 0.3) is 10.9 Å². The molecule has 5 heteroatoms. The Balaban J connectivity index is 1.32. The number of ether oxygens (including phenoxy) is 1. The average molecular weight is 366 g/mol. The second-order valence-electron chi connectivity index (χ2n) is 6.96. The van der Waals surface area contributed by atoms with Gasteiger partial charge in [-0.2, -0.15) is 0 Å². The Kier molecular flexibility index (Phi) is 5.21. The summed E-state index contributed by atoms with van der Waals surface area (Å²) in [6.07, 6.45) is 4.07. The van der Waals surface area contributed by atoms with Crippen molar-refractivity contribution in [2.24, 2.45) is 0 Å². The van der Waals surface area contributed by atoms with E-state index in [1.807, 2.05) is 23.2 Å². The molecule has 140 valence electrons. The Hall–Kier alpha value is -2.66. The normalized spacial score (nSPS) is 17.4. The fourth-order valence-electron chi connectivity index (χ4n) is 3.68. The molecule has 1 aliphatic rings. The highest BCUT2D eigenvalue weighted by atomic mass is 19.1. The van der Waals surface area contributed by atoms with Gasteiger partial charge >= 0.3 is 0 Å². The second kappa shape index (κ2) is 7.92. The molecule has 0 saturated carbocycles. The molecule has 0 spiro atoms. The fraction of sp³-hybridized carbons (Fsp3) is 0.318. The lowest BCUT2D eigenvalue weighted by Crippen LogP contribution is -2.42. The molecule has 2 aromatic carbocycles. The SMILES string of the molecule is O=C(CCCc1c[nH]c2ccccc12)N1CCOC(c2ccc(F)cc2)C1. The van der Waals surface area contributed by atoms with E-state index < -0.39 is 0 Å². The molecule has 1 atom stereocenters. The topological polar surface area (TPSA) is 45.3 Å². The van der Waals surface area contributed by atoms with Gasteiger partial charge in [0.05, 0.1) is 13.2 Å². The molecule has 1 aromatic heterocycles. The standard InChI is InChI=1S/C22H23FN2O2/c23-18-10-8-16(9-11-18)21-15-25(12-13-27-21)22(26)7-3-4-17-14-24-20-6-2-1-5-19(17)20/h1-2,5-6,8-11,14,21,24H,3-4,7,12-13,15H2. The Morgan fingerprint density at radius 1 is 1.19 bits per heavy atom. The highest BCUT2D eigenvalue weighted by Crippen LogP contribution is 2.24. The van der Waals surface area contributed by atoms with Gasteiger partial charge in [0.1, 0.15) is 11.9 Å². The third-order valence-corrected chi connectivity index (χ3v) is 5.17. The molecule has 0 bridgehead atoms. The number of amides is 1. The Morgan fingerprint density at radius 3 is 2.85 bits per heavy atom. The molecule has 0 radical (unpaired) electrons. The number of benzene rings is 2. The van der Waals surface area contributed by atoms with Gasteiger partial charge in [0, 0.05) is 30.1 Å². The molecule has 1 fully saturated rings. The summed E-state index contributed by atoms with van der Waals surface area (Å²) < 4.78 is 18.9. The van der Waals surface area contributed by atoms with Crippen LogP contribution in [0, 0.1) is 5.82 Å². The third-order valence-electron chi connectivity index (χ3n) is 5.17. The Morgan fingerprint density at radius 2 is 2.00 bits per heavy atom. The minimum absolute atomic E-state index is 0.158. The van der Waals surface area contributed by atoms with Crippen LogP contribution < -0.4 is 0 Å². The number of para-hydroxylation sites is 1. The van der Waals surface area contributed by atoms with Gasteiger partial charge in [-0.15, -0.1) is 0 Å². The van der Waals surface area contributed by atoms with Crippen molar-refractivity contribution in [2.75, 3.05) is 19.7 Å². The van der Waals surface area contributed by atoms with Gasteiger partial charge < -0.3 is 14.6 Å². The van der Waals surface area contributed by atoms with Crippen LogP contribution in [0.1, 0.15) is 30.1 Å². The van der Waals surface area contributed by atoms with Crippen molar-refractivity contribution in [3.05, 3.63) is 71.7 Å². The zero-order chi connectivity index (χ0) is 18.6. The van der Waals surface area contributed by atoms with Crippen LogP contribution in [0.5, 0.6) is 0 Å². The first-order chi connectivity index (χ1) is 13.2. The number of aromatic amines is 1. The number of carbonyl (C=O) groups is 1. The molecule has 1 N–H and O–H groups in total. The van der Waals surface area contributed by atoms with Crippen molar-refractivity contribution in [1.29, 1.82) is 0 Å². The van der Waals surface area contributed by atoms with Gasteiger partial charge in [-0.05, 0) is 42.2 Å². The first-order valence-corrected chi connectivity index (χ1v) is 9.40. The van der Waals surface area contributed by atoms with Crippen molar-refractivity contribution in [3.8, 4) is 0 Å². The summed E-state index contributed by atoms with van der Waals surface area (Å²) in [6.45, 7) is 1.65. The van der Waals surface area contributed by atoms with E-state index in [0.717, 1.165) is 23.9 Å². The minimum Gasteiger partial charge on any atom is -0.370 e. The van der Waals surface area contributed by atoms with Crippen LogP contribution in [0.15, 0.2) is 54.7 Å². The number of nitrogens with one attached hydrogen (secondary N) is 1. The van der Waals surface area contributed by atoms with E-state index in [-0.39, 0.29) is 17.8 Å². The van der Waals surface area contributed by atoms with Crippen LogP contribution in [-0.4, -0.2) is 35.5 Å². The van der Waals surface area contributed by atoms with Gasteiger partial charge in [0.25, 0.3) is 0 Å². The van der Waals surface area contributed by atoms with Crippen LogP contribution in [-0.2, 0) is 16.0 Å². The highest BCUT2D eigenvalue weighted by molar-refractivity contribution is 5.83. The van der Waals surface area contributed by atoms with E-state index in [0.29, 0.717) is 26.1 Å². The lowest BCUT2D eigenvalue weighted by atomic mass is 10.1. The number of H-pyrrole nitrogens is 1. The average Bonchev–Trinajstić information content (AvgIpc) is 3.12. The smallest absolute Gasteiger partial charge is 0.222 e. The molecule has 4 rings (SSSR count). The van der Waals surface area contributed by atoms with Gasteiger partial charge in [0.2, 0.25) is 5.91 Å². The summed E-state index contributed by atoms with van der Waals surface area (Å²) in [4.78, 5) is 17.8. The number of halogens is 1. The maximum Gasteiger partial charge on any atom is 0.222 e. The first kappa shape index (κ1) is 17.7. The molecule has 1 unspecified atom stereocenters. The van der Waals surface area contributed by atoms with Crippen molar-refractivity contribution >= 4 is 16.8 Å².